The third-order valence-electron chi connectivity index (χ3n) is 4.46. The first-order chi connectivity index (χ1) is 7.65. The second kappa shape index (κ2) is 4.01. The summed E-state index contributed by atoms with van der Waals surface area (Å²) in [5.41, 5.74) is 7.60. The van der Waals surface area contributed by atoms with Gasteiger partial charge < -0.3 is 5.73 Å². The molecular weight excluding hydrogens is 238 g/mol. The molecule has 3 heteroatoms. The maximum Gasteiger partial charge on any atom is 0.0960 e. The summed E-state index contributed by atoms with van der Waals surface area (Å²) >= 11 is 7.80. The summed E-state index contributed by atoms with van der Waals surface area (Å²) in [6, 6.07) is 2.41. The van der Waals surface area contributed by atoms with Crippen LogP contribution in [0.25, 0.3) is 0 Å². The quantitative estimate of drug-likeness (QED) is 0.844. The summed E-state index contributed by atoms with van der Waals surface area (Å²) in [4.78, 5) is 1.29. The molecule has 88 valence electrons. The van der Waals surface area contributed by atoms with Gasteiger partial charge in [-0.3, -0.25) is 0 Å². The van der Waals surface area contributed by atoms with Gasteiger partial charge in [-0.05, 0) is 55.6 Å². The number of nitrogens with two attached hydrogens (primary N) is 1. The molecule has 0 saturated heterocycles. The van der Waals surface area contributed by atoms with Crippen molar-refractivity contribution in [1.82, 2.24) is 0 Å². The fourth-order valence-corrected chi connectivity index (χ4v) is 4.89. The highest BCUT2D eigenvalue weighted by molar-refractivity contribution is 7.16. The number of fused-ring (bicyclic) bond motifs is 2. The average molecular weight is 256 g/mol. The Hall–Kier alpha value is -0.0500. The molecule has 4 unspecified atom stereocenters. The van der Waals surface area contributed by atoms with E-state index in [1.54, 1.807) is 11.3 Å². The van der Waals surface area contributed by atoms with Gasteiger partial charge in [0.2, 0.25) is 0 Å². The predicted octanol–water partition coefficient (Wildman–Crippen LogP) is 4.15. The summed E-state index contributed by atoms with van der Waals surface area (Å²) in [6.45, 7) is 2.07. The van der Waals surface area contributed by atoms with Gasteiger partial charge in [-0.15, -0.1) is 11.3 Å². The van der Waals surface area contributed by atoms with Crippen molar-refractivity contribution in [3.05, 3.63) is 20.8 Å². The van der Waals surface area contributed by atoms with Crippen molar-refractivity contribution in [2.45, 2.75) is 38.6 Å². The van der Waals surface area contributed by atoms with E-state index in [-0.39, 0.29) is 6.04 Å². The van der Waals surface area contributed by atoms with Crippen molar-refractivity contribution in [1.29, 1.82) is 0 Å². The van der Waals surface area contributed by atoms with E-state index in [4.69, 9.17) is 17.3 Å². The van der Waals surface area contributed by atoms with Gasteiger partial charge in [0, 0.05) is 10.9 Å². The van der Waals surface area contributed by atoms with Gasteiger partial charge in [0.05, 0.1) is 4.34 Å². The van der Waals surface area contributed by atoms with E-state index >= 15 is 0 Å². The molecule has 16 heavy (non-hydrogen) atoms. The van der Waals surface area contributed by atoms with Crippen LogP contribution in [0.15, 0.2) is 6.07 Å². The van der Waals surface area contributed by atoms with E-state index in [2.05, 4.69) is 13.0 Å². The van der Waals surface area contributed by atoms with Crippen molar-refractivity contribution >= 4 is 22.9 Å². The molecule has 1 heterocycles. The summed E-state index contributed by atoms with van der Waals surface area (Å²) < 4.78 is 0.911. The molecule has 2 N–H and O–H groups in total. The molecule has 2 saturated carbocycles. The molecule has 2 aliphatic rings. The maximum atomic E-state index is 6.42. The third-order valence-corrected chi connectivity index (χ3v) is 6.12. The van der Waals surface area contributed by atoms with Gasteiger partial charge in [-0.2, -0.15) is 0 Å². The summed E-state index contributed by atoms with van der Waals surface area (Å²) in [5, 5.41) is 0. The highest BCUT2D eigenvalue weighted by atomic mass is 35.5. The Labute approximate surface area is 106 Å². The Morgan fingerprint density at radius 3 is 2.75 bits per heavy atom. The van der Waals surface area contributed by atoms with Crippen LogP contribution < -0.4 is 5.73 Å². The molecule has 0 amide bonds. The number of aryl methyl sites for hydroxylation is 1. The highest BCUT2D eigenvalue weighted by Crippen LogP contribution is 2.52. The van der Waals surface area contributed by atoms with Crippen LogP contribution in [0.1, 0.15) is 42.2 Å². The Morgan fingerprint density at radius 2 is 2.25 bits per heavy atom. The van der Waals surface area contributed by atoms with Crippen LogP contribution in [0, 0.1) is 24.7 Å². The molecule has 0 radical (unpaired) electrons. The fraction of sp³-hybridized carbons (Fsp3) is 0.692. The summed E-state index contributed by atoms with van der Waals surface area (Å²) in [7, 11) is 0. The lowest BCUT2D eigenvalue weighted by Gasteiger charge is -2.26. The number of rotatable bonds is 2. The largest absolute Gasteiger partial charge is 0.323 e. The first-order valence-electron chi connectivity index (χ1n) is 6.16. The van der Waals surface area contributed by atoms with E-state index in [1.807, 2.05) is 0 Å². The number of halogens is 1. The number of hydrogen-bond donors (Lipinski definition) is 1. The predicted molar refractivity (Wildman–Crippen MR) is 69.9 cm³/mol. The van der Waals surface area contributed by atoms with Gasteiger partial charge in [0.25, 0.3) is 0 Å². The standard InChI is InChI=1S/C13H18ClNS/c1-7-4-11(16-13(7)14)12(15)10-6-8-2-3-9(10)5-8/h4,8-10,12H,2-3,5-6,15H2,1H3. The first kappa shape index (κ1) is 11.1. The van der Waals surface area contributed by atoms with E-state index in [1.165, 1.54) is 36.1 Å². The molecule has 0 spiro atoms. The van der Waals surface area contributed by atoms with Gasteiger partial charge >= 0.3 is 0 Å². The van der Waals surface area contributed by atoms with Gasteiger partial charge in [-0.25, -0.2) is 0 Å². The van der Waals surface area contributed by atoms with Crippen LogP contribution in [0.3, 0.4) is 0 Å². The van der Waals surface area contributed by atoms with Crippen LogP contribution in [0.5, 0.6) is 0 Å². The monoisotopic (exact) mass is 255 g/mol. The maximum absolute atomic E-state index is 6.42. The van der Waals surface area contributed by atoms with Crippen molar-refractivity contribution in [3.63, 3.8) is 0 Å². The minimum atomic E-state index is 0.228. The summed E-state index contributed by atoms with van der Waals surface area (Å²) in [5.74, 6) is 2.58. The molecule has 0 aliphatic heterocycles. The minimum Gasteiger partial charge on any atom is -0.323 e. The van der Waals surface area contributed by atoms with Crippen LogP contribution in [-0.2, 0) is 0 Å². The van der Waals surface area contributed by atoms with E-state index < -0.39 is 0 Å². The number of thiophene rings is 1. The minimum absolute atomic E-state index is 0.228. The average Bonchev–Trinajstić information content (AvgIpc) is 2.94. The van der Waals surface area contributed by atoms with E-state index in [0.717, 1.165) is 16.2 Å². The lowest BCUT2D eigenvalue weighted by atomic mass is 9.83. The molecule has 1 nitrogen and oxygen atoms in total. The van der Waals surface area contributed by atoms with Crippen molar-refractivity contribution in [2.24, 2.45) is 23.5 Å². The Balaban J connectivity index is 1.80. The smallest absolute Gasteiger partial charge is 0.0960 e. The van der Waals surface area contributed by atoms with Gasteiger partial charge in [0.1, 0.15) is 0 Å². The Bertz CT molecular complexity index is 381. The fourth-order valence-electron chi connectivity index (χ4n) is 3.59. The normalized spacial score (nSPS) is 34.6. The molecule has 2 aliphatic carbocycles. The number of hydrogen-bond acceptors (Lipinski definition) is 2. The van der Waals surface area contributed by atoms with E-state index in [0.29, 0.717) is 5.92 Å². The van der Waals surface area contributed by atoms with Crippen molar-refractivity contribution in [2.75, 3.05) is 0 Å². The molecule has 2 bridgehead atoms. The highest BCUT2D eigenvalue weighted by Gasteiger charge is 2.42. The topological polar surface area (TPSA) is 26.0 Å². The zero-order valence-corrected chi connectivity index (χ0v) is 11.2. The SMILES string of the molecule is Cc1cc(C(N)C2CC3CCC2C3)sc1Cl. The van der Waals surface area contributed by atoms with Crippen LogP contribution in [0.4, 0.5) is 0 Å². The molecule has 0 aromatic carbocycles. The Kier molecular flexibility index (Phi) is 2.77. The van der Waals surface area contributed by atoms with Crippen molar-refractivity contribution in [3.8, 4) is 0 Å². The molecule has 1 aromatic rings. The molecule has 2 fully saturated rings. The van der Waals surface area contributed by atoms with Gasteiger partial charge in [0.15, 0.2) is 0 Å². The third kappa shape index (κ3) is 1.71. The van der Waals surface area contributed by atoms with E-state index in [9.17, 15) is 0 Å². The summed E-state index contributed by atoms with van der Waals surface area (Å²) in [6.07, 6.45) is 5.62. The second-order valence-corrected chi connectivity index (χ2v) is 7.16. The zero-order chi connectivity index (χ0) is 11.3. The van der Waals surface area contributed by atoms with Crippen LogP contribution in [0.2, 0.25) is 4.34 Å². The van der Waals surface area contributed by atoms with Gasteiger partial charge in [-0.1, -0.05) is 18.0 Å². The lowest BCUT2D eigenvalue weighted by molar-refractivity contribution is 0.287. The molecule has 1 aromatic heterocycles. The first-order valence-corrected chi connectivity index (χ1v) is 7.36. The molecule has 3 rings (SSSR count). The molecule has 4 atom stereocenters. The van der Waals surface area contributed by atoms with Crippen LogP contribution in [-0.4, -0.2) is 0 Å². The van der Waals surface area contributed by atoms with Crippen molar-refractivity contribution < 1.29 is 0 Å². The zero-order valence-electron chi connectivity index (χ0n) is 9.58. The second-order valence-electron chi connectivity index (χ2n) is 5.47. The molecular formula is C13H18ClNS. The van der Waals surface area contributed by atoms with Crippen LogP contribution >= 0.6 is 22.9 Å². The lowest BCUT2D eigenvalue weighted by Crippen LogP contribution is -2.25. The Morgan fingerprint density at radius 1 is 1.44 bits per heavy atom.